The number of aliphatic hydroxyl groups excluding tert-OH is 1. The molecule has 10 heteroatoms. The predicted octanol–water partition coefficient (Wildman–Crippen LogP) is 3.61. The number of alkyl halides is 3. The highest BCUT2D eigenvalue weighted by Gasteiger charge is 2.30. The molecular weight excluding hydrogens is 441 g/mol. The van der Waals surface area contributed by atoms with Gasteiger partial charge in [-0.1, -0.05) is 36.1 Å². The van der Waals surface area contributed by atoms with E-state index in [0.717, 1.165) is 22.6 Å². The van der Waals surface area contributed by atoms with Crippen molar-refractivity contribution in [2.24, 2.45) is 5.73 Å². The molecule has 1 aromatic heterocycles. The van der Waals surface area contributed by atoms with E-state index in [9.17, 15) is 23.1 Å². The number of hydrogen-bond donors (Lipinski definition) is 4. The average molecular weight is 465 g/mol. The number of amides is 1. The van der Waals surface area contributed by atoms with Crippen LogP contribution in [-0.4, -0.2) is 28.6 Å². The van der Waals surface area contributed by atoms with Crippen LogP contribution in [0.4, 0.5) is 18.3 Å². The summed E-state index contributed by atoms with van der Waals surface area (Å²) in [5.41, 5.74) is 8.01. The predicted molar refractivity (Wildman–Crippen MR) is 119 cm³/mol. The first-order chi connectivity index (χ1) is 15.2. The molecule has 0 spiro atoms. The number of halogens is 3. The van der Waals surface area contributed by atoms with Gasteiger partial charge in [-0.05, 0) is 41.3 Å². The number of hydrogen-bond acceptors (Lipinski definition) is 6. The molecule has 0 unspecified atom stereocenters. The molecular formula is C22H23F3N4O2S. The van der Waals surface area contributed by atoms with Gasteiger partial charge in [0.05, 0.1) is 29.2 Å². The van der Waals surface area contributed by atoms with E-state index >= 15 is 0 Å². The van der Waals surface area contributed by atoms with Crippen LogP contribution in [0.5, 0.6) is 0 Å². The Morgan fingerprint density at radius 2 is 2.03 bits per heavy atom. The van der Waals surface area contributed by atoms with Crippen LogP contribution in [-0.2, 0) is 24.0 Å². The number of aromatic nitrogens is 1. The van der Waals surface area contributed by atoms with Crippen molar-refractivity contribution in [2.75, 3.05) is 11.9 Å². The van der Waals surface area contributed by atoms with Crippen LogP contribution in [0.15, 0.2) is 54.8 Å². The lowest BCUT2D eigenvalue weighted by Crippen LogP contribution is -2.31. The monoisotopic (exact) mass is 464 g/mol. The summed E-state index contributed by atoms with van der Waals surface area (Å²) < 4.78 is 38.0. The van der Waals surface area contributed by atoms with Gasteiger partial charge in [0.2, 0.25) is 5.91 Å². The second kappa shape index (κ2) is 10.1. The van der Waals surface area contributed by atoms with Crippen LogP contribution in [0.3, 0.4) is 0 Å². The second-order valence-corrected chi connectivity index (χ2v) is 8.33. The van der Waals surface area contributed by atoms with E-state index in [1.54, 1.807) is 12.2 Å². The van der Waals surface area contributed by atoms with Crippen molar-refractivity contribution in [1.29, 1.82) is 0 Å². The maximum atomic E-state index is 12.7. The van der Waals surface area contributed by atoms with Gasteiger partial charge in [-0.2, -0.15) is 13.2 Å². The molecule has 32 heavy (non-hydrogen) atoms. The molecule has 2 aromatic rings. The molecule has 0 radical (unpaired) electrons. The zero-order valence-corrected chi connectivity index (χ0v) is 17.9. The Labute approximate surface area is 187 Å². The summed E-state index contributed by atoms with van der Waals surface area (Å²) in [7, 11) is 0. The molecule has 0 saturated heterocycles. The van der Waals surface area contributed by atoms with Crippen LogP contribution in [0, 0.1) is 0 Å². The summed E-state index contributed by atoms with van der Waals surface area (Å²) in [5.74, 6) is -0.155. The van der Waals surface area contributed by atoms with Crippen molar-refractivity contribution >= 4 is 27.9 Å². The first-order valence-electron chi connectivity index (χ1n) is 9.77. The van der Waals surface area contributed by atoms with Crippen molar-refractivity contribution in [3.63, 3.8) is 0 Å². The number of allylic oxidation sites excluding steroid dienone is 3. The van der Waals surface area contributed by atoms with Gasteiger partial charge in [0, 0.05) is 18.8 Å². The lowest BCUT2D eigenvalue weighted by Gasteiger charge is -2.13. The molecule has 0 aliphatic carbocycles. The Hall–Kier alpha value is -2.95. The lowest BCUT2D eigenvalue weighted by molar-refractivity contribution is -0.137. The Balaban J connectivity index is 1.65. The Bertz CT molecular complexity index is 1040. The van der Waals surface area contributed by atoms with Crippen molar-refractivity contribution in [3.05, 3.63) is 76.5 Å². The number of nitrogens with one attached hydrogen (secondary N) is 2. The third-order valence-electron chi connectivity index (χ3n) is 4.66. The van der Waals surface area contributed by atoms with Gasteiger partial charge in [-0.25, -0.2) is 4.98 Å². The molecule has 170 valence electrons. The third-order valence-corrected chi connectivity index (χ3v) is 5.76. The molecule has 2 heterocycles. The normalized spacial score (nSPS) is 18.2. The SMILES string of the molecule is C=C1/C=C(c2sc(NC[C@@H](N)Cc3ccc(C(F)(F)F)cc3)nc2CO)\C=C/NC(=O)C1. The van der Waals surface area contributed by atoms with E-state index in [2.05, 4.69) is 22.2 Å². The molecule has 1 atom stereocenters. The first kappa shape index (κ1) is 23.7. The largest absolute Gasteiger partial charge is 0.416 e. The summed E-state index contributed by atoms with van der Waals surface area (Å²) in [6, 6.07) is 4.58. The van der Waals surface area contributed by atoms with E-state index in [-0.39, 0.29) is 25.0 Å². The van der Waals surface area contributed by atoms with Crippen LogP contribution < -0.4 is 16.4 Å². The first-order valence-corrected chi connectivity index (χ1v) is 10.6. The van der Waals surface area contributed by atoms with E-state index < -0.39 is 11.7 Å². The molecule has 6 nitrogen and oxygen atoms in total. The van der Waals surface area contributed by atoms with E-state index in [1.807, 2.05) is 0 Å². The minimum atomic E-state index is -4.37. The van der Waals surface area contributed by atoms with Gasteiger partial charge < -0.3 is 21.5 Å². The van der Waals surface area contributed by atoms with Crippen LogP contribution in [0.25, 0.3) is 5.57 Å². The molecule has 1 aromatic carbocycles. The summed E-state index contributed by atoms with van der Waals surface area (Å²) in [6.07, 6.45) is 1.23. The van der Waals surface area contributed by atoms with E-state index in [0.29, 0.717) is 34.9 Å². The third kappa shape index (κ3) is 6.28. The number of nitrogens with two attached hydrogens (primary N) is 1. The summed E-state index contributed by atoms with van der Waals surface area (Å²) in [5, 5.41) is 16.0. The Morgan fingerprint density at radius 3 is 2.69 bits per heavy atom. The smallest absolute Gasteiger partial charge is 0.390 e. The van der Waals surface area contributed by atoms with Gasteiger partial charge >= 0.3 is 6.18 Å². The Kier molecular flexibility index (Phi) is 7.49. The quantitative estimate of drug-likeness (QED) is 0.502. The molecule has 3 rings (SSSR count). The standard InChI is InChI=1S/C22H23F3N4O2S/c1-13-8-15(6-7-27-19(31)9-13)20-18(12-30)29-21(32-20)28-11-17(26)10-14-2-4-16(5-3-14)22(23,24)25/h2-8,17,30H,1,9-12,26H2,(H,27,31)(H,28,29)/b7-6-,15-8+/t17-/m0/s1. The highest BCUT2D eigenvalue weighted by atomic mass is 32.1. The topological polar surface area (TPSA) is 100 Å². The van der Waals surface area contributed by atoms with Crippen molar-refractivity contribution in [2.45, 2.75) is 31.7 Å². The van der Waals surface area contributed by atoms with Crippen LogP contribution in [0.2, 0.25) is 0 Å². The fraction of sp³-hybridized carbons (Fsp3) is 0.273. The van der Waals surface area contributed by atoms with Crippen molar-refractivity contribution in [1.82, 2.24) is 10.3 Å². The number of carbonyl (C=O) groups is 1. The molecule has 1 aliphatic heterocycles. The molecule has 1 aliphatic rings. The molecule has 5 N–H and O–H groups in total. The minimum absolute atomic E-state index is 0.155. The molecule has 0 saturated carbocycles. The number of thiazole rings is 1. The maximum absolute atomic E-state index is 12.7. The number of nitrogens with zero attached hydrogens (tertiary/aromatic N) is 1. The number of anilines is 1. The number of benzene rings is 1. The molecule has 1 amide bonds. The van der Waals surface area contributed by atoms with Crippen molar-refractivity contribution < 1.29 is 23.1 Å². The highest BCUT2D eigenvalue weighted by molar-refractivity contribution is 7.16. The maximum Gasteiger partial charge on any atom is 0.416 e. The highest BCUT2D eigenvalue weighted by Crippen LogP contribution is 2.32. The summed E-state index contributed by atoms with van der Waals surface area (Å²) in [6.45, 7) is 3.95. The molecule has 0 bridgehead atoms. The fourth-order valence-corrected chi connectivity index (χ4v) is 4.10. The van der Waals surface area contributed by atoms with Gasteiger partial charge in [0.1, 0.15) is 0 Å². The van der Waals surface area contributed by atoms with Crippen LogP contribution >= 0.6 is 11.3 Å². The van der Waals surface area contributed by atoms with Crippen molar-refractivity contribution in [3.8, 4) is 0 Å². The summed E-state index contributed by atoms with van der Waals surface area (Å²) >= 11 is 1.33. The number of rotatable bonds is 7. The van der Waals surface area contributed by atoms with E-state index in [1.165, 1.54) is 29.7 Å². The Morgan fingerprint density at radius 1 is 1.31 bits per heavy atom. The second-order valence-electron chi connectivity index (χ2n) is 7.33. The average Bonchev–Trinajstić information content (AvgIpc) is 3.13. The lowest BCUT2D eigenvalue weighted by atomic mass is 10.0. The zero-order chi connectivity index (χ0) is 23.3. The van der Waals surface area contributed by atoms with Gasteiger partial charge in [-0.15, -0.1) is 0 Å². The summed E-state index contributed by atoms with van der Waals surface area (Å²) in [4.78, 5) is 16.7. The minimum Gasteiger partial charge on any atom is -0.390 e. The van der Waals surface area contributed by atoms with Crippen LogP contribution in [0.1, 0.15) is 28.1 Å². The van der Waals surface area contributed by atoms with Gasteiger partial charge in [0.25, 0.3) is 0 Å². The zero-order valence-electron chi connectivity index (χ0n) is 17.1. The number of carbonyl (C=O) groups excluding carboxylic acids is 1. The van der Waals surface area contributed by atoms with Gasteiger partial charge in [0.15, 0.2) is 5.13 Å². The fourth-order valence-electron chi connectivity index (χ4n) is 3.13. The number of aliphatic hydroxyl groups is 1. The molecule has 0 fully saturated rings. The van der Waals surface area contributed by atoms with Gasteiger partial charge in [-0.3, -0.25) is 4.79 Å². The van der Waals surface area contributed by atoms with E-state index in [4.69, 9.17) is 5.73 Å².